The maximum atomic E-state index is 12.3. The van der Waals surface area contributed by atoms with Gasteiger partial charge in [-0.05, 0) is 51.8 Å². The molecule has 0 saturated heterocycles. The van der Waals surface area contributed by atoms with Crippen molar-refractivity contribution in [3.8, 4) is 0 Å². The lowest BCUT2D eigenvalue weighted by Crippen LogP contribution is -2.37. The quantitative estimate of drug-likeness (QED) is 0.855. The molecule has 5 heteroatoms. The van der Waals surface area contributed by atoms with Crippen LogP contribution < -0.4 is 5.32 Å². The van der Waals surface area contributed by atoms with E-state index in [0.717, 1.165) is 31.0 Å². The number of hydrogen-bond acceptors (Lipinski definition) is 2. The Balaban J connectivity index is 2.40. The van der Waals surface area contributed by atoms with Crippen LogP contribution in [0, 0.1) is 0 Å². The molecule has 2 nitrogen and oxygen atoms in total. The zero-order chi connectivity index (χ0) is 16.1. The minimum Gasteiger partial charge on any atom is -0.364 e. The third-order valence-corrected chi connectivity index (χ3v) is 3.05. The second-order valence-electron chi connectivity index (χ2n) is 6.24. The molecule has 0 saturated carbocycles. The highest BCUT2D eigenvalue weighted by Crippen LogP contribution is 2.23. The summed E-state index contributed by atoms with van der Waals surface area (Å²) in [5.74, 6) is 0. The molecule has 0 aliphatic heterocycles. The van der Waals surface area contributed by atoms with Crippen LogP contribution in [0.1, 0.15) is 38.8 Å². The zero-order valence-corrected chi connectivity index (χ0v) is 13.1. The summed E-state index contributed by atoms with van der Waals surface area (Å²) < 4.78 is 41.8. The molecular weight excluding hydrogens is 279 g/mol. The van der Waals surface area contributed by atoms with Crippen molar-refractivity contribution < 1.29 is 17.9 Å². The van der Waals surface area contributed by atoms with Crippen molar-refractivity contribution in [1.82, 2.24) is 5.32 Å². The smallest absolute Gasteiger partial charge is 0.364 e. The summed E-state index contributed by atoms with van der Waals surface area (Å²) in [6, 6.07) is 7.49. The Kier molecular flexibility index (Phi) is 6.23. The average Bonchev–Trinajstić information content (AvgIpc) is 2.34. The Hall–Kier alpha value is -1.07. The van der Waals surface area contributed by atoms with Gasteiger partial charge in [0, 0.05) is 5.54 Å². The summed E-state index contributed by atoms with van der Waals surface area (Å²) in [6.07, 6.45) is -5.16. The number of ether oxygens (including phenoxy) is 1. The maximum absolute atomic E-state index is 12.3. The minimum atomic E-state index is -4.31. The van der Waals surface area contributed by atoms with Crippen LogP contribution in [0.3, 0.4) is 0 Å². The van der Waals surface area contributed by atoms with E-state index < -0.39 is 12.3 Å². The molecule has 1 N–H and O–H groups in total. The van der Waals surface area contributed by atoms with Gasteiger partial charge in [-0.1, -0.05) is 24.3 Å². The van der Waals surface area contributed by atoms with Gasteiger partial charge in [-0.2, -0.15) is 13.2 Å². The fourth-order valence-corrected chi connectivity index (χ4v) is 1.70. The van der Waals surface area contributed by atoms with E-state index in [0.29, 0.717) is 0 Å². The van der Waals surface area contributed by atoms with Gasteiger partial charge < -0.3 is 10.1 Å². The second kappa shape index (κ2) is 7.27. The number of hydrogen-bond donors (Lipinski definition) is 1. The third-order valence-electron chi connectivity index (χ3n) is 3.05. The van der Waals surface area contributed by atoms with Crippen LogP contribution in [0.4, 0.5) is 13.2 Å². The van der Waals surface area contributed by atoms with Gasteiger partial charge in [0.25, 0.3) is 0 Å². The predicted octanol–water partition coefficient (Wildman–Crippen LogP) is 4.08. The Bertz CT molecular complexity index is 421. The van der Waals surface area contributed by atoms with Crippen LogP contribution in [-0.2, 0) is 17.8 Å². The molecule has 1 aromatic rings. The molecule has 0 spiro atoms. The van der Waals surface area contributed by atoms with E-state index in [2.05, 4.69) is 26.1 Å². The van der Waals surface area contributed by atoms with Gasteiger partial charge in [0.2, 0.25) is 0 Å². The molecule has 0 aromatic heterocycles. The normalized spacial score (nSPS) is 14.2. The predicted molar refractivity (Wildman–Crippen MR) is 78.2 cm³/mol. The van der Waals surface area contributed by atoms with E-state index in [-0.39, 0.29) is 12.1 Å². The molecule has 120 valence electrons. The van der Waals surface area contributed by atoms with Crippen molar-refractivity contribution in [3.63, 3.8) is 0 Å². The summed E-state index contributed by atoms with van der Waals surface area (Å²) in [5, 5.41) is 3.39. The van der Waals surface area contributed by atoms with Crippen molar-refractivity contribution in [1.29, 1.82) is 0 Å². The summed E-state index contributed by atoms with van der Waals surface area (Å²) >= 11 is 0. The Morgan fingerprint density at radius 1 is 1.05 bits per heavy atom. The number of halogens is 3. The molecule has 1 rings (SSSR count). The molecule has 1 aromatic carbocycles. The molecule has 1 unspecified atom stereocenters. The van der Waals surface area contributed by atoms with E-state index in [9.17, 15) is 13.2 Å². The van der Waals surface area contributed by atoms with Crippen molar-refractivity contribution in [2.45, 2.75) is 58.5 Å². The number of nitrogens with one attached hydrogen (secondary N) is 1. The molecule has 0 heterocycles. The SMILES string of the molecule is CC(OCc1ccc(CCNC(C)(C)C)cc1)C(F)(F)F. The molecule has 0 bridgehead atoms. The van der Waals surface area contributed by atoms with Gasteiger partial charge in [0.15, 0.2) is 6.10 Å². The minimum absolute atomic E-state index is 0.0266. The summed E-state index contributed by atoms with van der Waals surface area (Å²) in [6.45, 7) is 8.18. The lowest BCUT2D eigenvalue weighted by Gasteiger charge is -2.20. The first-order valence-electron chi connectivity index (χ1n) is 7.09. The summed E-state index contributed by atoms with van der Waals surface area (Å²) in [7, 11) is 0. The van der Waals surface area contributed by atoms with Crippen molar-refractivity contribution in [2.75, 3.05) is 6.54 Å². The maximum Gasteiger partial charge on any atom is 0.414 e. The van der Waals surface area contributed by atoms with E-state index >= 15 is 0 Å². The van der Waals surface area contributed by atoms with E-state index in [1.54, 1.807) is 0 Å². The van der Waals surface area contributed by atoms with Crippen LogP contribution in [0.15, 0.2) is 24.3 Å². The Morgan fingerprint density at radius 2 is 1.57 bits per heavy atom. The van der Waals surface area contributed by atoms with Gasteiger partial charge in [-0.25, -0.2) is 0 Å². The number of rotatable bonds is 6. The average molecular weight is 303 g/mol. The van der Waals surface area contributed by atoms with Crippen molar-refractivity contribution in [2.24, 2.45) is 0 Å². The fourth-order valence-electron chi connectivity index (χ4n) is 1.70. The van der Waals surface area contributed by atoms with Gasteiger partial charge in [0.05, 0.1) is 6.61 Å². The van der Waals surface area contributed by atoms with Crippen molar-refractivity contribution in [3.05, 3.63) is 35.4 Å². The Morgan fingerprint density at radius 3 is 2.05 bits per heavy atom. The van der Waals surface area contributed by atoms with Crippen LogP contribution in [0.5, 0.6) is 0 Å². The molecule has 21 heavy (non-hydrogen) atoms. The molecule has 1 atom stereocenters. The first kappa shape index (κ1) is 18.0. The monoisotopic (exact) mass is 303 g/mol. The van der Waals surface area contributed by atoms with Crippen LogP contribution >= 0.6 is 0 Å². The molecule has 0 aliphatic rings. The number of benzene rings is 1. The second-order valence-corrected chi connectivity index (χ2v) is 6.24. The third kappa shape index (κ3) is 7.48. The largest absolute Gasteiger partial charge is 0.414 e. The molecule has 0 fully saturated rings. The lowest BCUT2D eigenvalue weighted by atomic mass is 10.1. The zero-order valence-electron chi connectivity index (χ0n) is 13.1. The lowest BCUT2D eigenvalue weighted by molar-refractivity contribution is -0.217. The highest BCUT2D eigenvalue weighted by molar-refractivity contribution is 5.22. The first-order chi connectivity index (χ1) is 9.58. The molecule has 0 radical (unpaired) electrons. The Labute approximate surface area is 124 Å². The summed E-state index contributed by atoms with van der Waals surface area (Å²) in [4.78, 5) is 0. The van der Waals surface area contributed by atoms with Crippen LogP contribution in [-0.4, -0.2) is 24.4 Å². The molecule has 0 amide bonds. The highest BCUT2D eigenvalue weighted by atomic mass is 19.4. The van der Waals surface area contributed by atoms with Gasteiger partial charge >= 0.3 is 6.18 Å². The standard InChI is InChI=1S/C16H24F3NO/c1-12(16(17,18)19)21-11-14-7-5-13(6-8-14)9-10-20-15(2,3)4/h5-8,12,20H,9-11H2,1-4H3. The van der Waals surface area contributed by atoms with E-state index in [1.165, 1.54) is 0 Å². The van der Waals surface area contributed by atoms with Crippen LogP contribution in [0.25, 0.3) is 0 Å². The van der Waals surface area contributed by atoms with Crippen molar-refractivity contribution >= 4 is 0 Å². The molecule has 0 aliphatic carbocycles. The topological polar surface area (TPSA) is 21.3 Å². The fraction of sp³-hybridized carbons (Fsp3) is 0.625. The first-order valence-corrected chi connectivity index (χ1v) is 7.09. The summed E-state index contributed by atoms with van der Waals surface area (Å²) in [5.41, 5.74) is 1.99. The number of alkyl halides is 3. The van der Waals surface area contributed by atoms with Gasteiger partial charge in [0.1, 0.15) is 0 Å². The van der Waals surface area contributed by atoms with Gasteiger partial charge in [-0.3, -0.25) is 0 Å². The molecular formula is C16H24F3NO. The van der Waals surface area contributed by atoms with Gasteiger partial charge in [-0.15, -0.1) is 0 Å². The highest BCUT2D eigenvalue weighted by Gasteiger charge is 2.36. The van der Waals surface area contributed by atoms with E-state index in [1.807, 2.05) is 24.3 Å². The van der Waals surface area contributed by atoms with Crippen LogP contribution in [0.2, 0.25) is 0 Å². The van der Waals surface area contributed by atoms with E-state index in [4.69, 9.17) is 4.74 Å².